The number of ether oxygens (including phenoxy) is 6. The predicted octanol–water partition coefficient (Wildman–Crippen LogP) is 5.58. The van der Waals surface area contributed by atoms with Gasteiger partial charge in [-0.25, -0.2) is 4.79 Å². The van der Waals surface area contributed by atoms with Gasteiger partial charge in [-0.05, 0) is 69.4 Å². The van der Waals surface area contributed by atoms with Gasteiger partial charge >= 0.3 is 6.09 Å². The van der Waals surface area contributed by atoms with Gasteiger partial charge in [0.1, 0.15) is 18.5 Å². The van der Waals surface area contributed by atoms with E-state index in [-0.39, 0.29) is 18.3 Å². The minimum Gasteiger partial charge on any atom is -0.486 e. The highest BCUT2D eigenvalue weighted by Gasteiger charge is 2.34. The van der Waals surface area contributed by atoms with E-state index < -0.39 is 5.79 Å². The zero-order chi connectivity index (χ0) is 27.7. The largest absolute Gasteiger partial charge is 0.486 e. The lowest BCUT2D eigenvalue weighted by atomic mass is 10.0. The van der Waals surface area contributed by atoms with E-state index in [0.29, 0.717) is 57.4 Å². The van der Waals surface area contributed by atoms with Crippen molar-refractivity contribution in [2.24, 2.45) is 0 Å². The molecular formula is C30H31BrN2O7. The first-order valence-corrected chi connectivity index (χ1v) is 14.1. The second-order valence-corrected chi connectivity index (χ2v) is 11.5. The minimum atomic E-state index is -0.647. The van der Waals surface area contributed by atoms with Gasteiger partial charge in [0, 0.05) is 42.8 Å². The van der Waals surface area contributed by atoms with E-state index in [1.165, 1.54) is 0 Å². The Morgan fingerprint density at radius 3 is 2.80 bits per heavy atom. The smallest absolute Gasteiger partial charge is 0.410 e. The van der Waals surface area contributed by atoms with Gasteiger partial charge in [-0.2, -0.15) is 0 Å². The van der Waals surface area contributed by atoms with E-state index in [2.05, 4.69) is 20.9 Å². The molecule has 1 amide bonds. The highest BCUT2D eigenvalue weighted by molar-refractivity contribution is 9.10. The molecule has 4 heterocycles. The van der Waals surface area contributed by atoms with Crippen LogP contribution in [-0.2, 0) is 33.8 Å². The average molecular weight is 611 g/mol. The first-order chi connectivity index (χ1) is 19.3. The van der Waals surface area contributed by atoms with Crippen LogP contribution in [0.2, 0.25) is 0 Å². The number of carbonyl (C=O) groups excluding carboxylic acids is 1. The van der Waals surface area contributed by atoms with E-state index in [1.54, 1.807) is 17.3 Å². The molecular weight excluding hydrogens is 580 g/mol. The van der Waals surface area contributed by atoms with Crippen molar-refractivity contribution in [1.29, 1.82) is 0 Å². The second kappa shape index (κ2) is 11.3. The van der Waals surface area contributed by atoms with Gasteiger partial charge in [0.15, 0.2) is 17.6 Å². The molecule has 3 aromatic rings. The molecule has 6 rings (SSSR count). The lowest BCUT2D eigenvalue weighted by Crippen LogP contribution is -2.35. The maximum atomic E-state index is 12.6. The molecule has 2 atom stereocenters. The van der Waals surface area contributed by atoms with Gasteiger partial charge in [0.05, 0.1) is 26.4 Å². The summed E-state index contributed by atoms with van der Waals surface area (Å²) in [6.07, 6.45) is 3.32. The Balaban J connectivity index is 1.01. The fourth-order valence-electron chi connectivity index (χ4n) is 4.93. The maximum Gasteiger partial charge on any atom is 0.410 e. The number of amides is 1. The van der Waals surface area contributed by atoms with Crippen LogP contribution in [0, 0.1) is 0 Å². The van der Waals surface area contributed by atoms with Crippen molar-refractivity contribution >= 4 is 22.0 Å². The number of rotatable bonds is 8. The van der Waals surface area contributed by atoms with Gasteiger partial charge in [0.25, 0.3) is 0 Å². The second-order valence-electron chi connectivity index (χ2n) is 10.6. The molecule has 40 heavy (non-hydrogen) atoms. The number of cyclic esters (lactones) is 1. The van der Waals surface area contributed by atoms with E-state index in [9.17, 15) is 4.79 Å². The molecule has 0 radical (unpaired) electrons. The topological polar surface area (TPSA) is 88.6 Å². The summed E-state index contributed by atoms with van der Waals surface area (Å²) in [5.74, 6) is 1.55. The summed E-state index contributed by atoms with van der Waals surface area (Å²) in [5.41, 5.74) is 3.92. The fraction of sp³-hybridized carbons (Fsp3) is 0.400. The van der Waals surface area contributed by atoms with Crippen LogP contribution in [0.15, 0.2) is 59.3 Å². The number of carbonyl (C=O) groups is 1. The van der Waals surface area contributed by atoms with Crippen LogP contribution in [0.25, 0.3) is 0 Å². The summed E-state index contributed by atoms with van der Waals surface area (Å²) in [6, 6.07) is 13.8. The zero-order valence-corrected chi connectivity index (χ0v) is 24.0. The molecule has 10 heteroatoms. The van der Waals surface area contributed by atoms with Crippen LogP contribution in [0.5, 0.6) is 17.2 Å². The molecule has 9 nitrogen and oxygen atoms in total. The number of nitrogens with zero attached hydrogens (tertiary/aromatic N) is 2. The summed E-state index contributed by atoms with van der Waals surface area (Å²) in [5, 5.41) is 0. The van der Waals surface area contributed by atoms with Crippen molar-refractivity contribution in [3.05, 3.63) is 81.6 Å². The van der Waals surface area contributed by atoms with Crippen LogP contribution in [-0.4, -0.2) is 54.2 Å². The highest BCUT2D eigenvalue weighted by atomic mass is 79.9. The Kier molecular flexibility index (Phi) is 7.57. The number of aromatic nitrogens is 1. The van der Waals surface area contributed by atoms with Gasteiger partial charge in [-0.3, -0.25) is 4.98 Å². The molecule has 210 valence electrons. The third-order valence-electron chi connectivity index (χ3n) is 7.01. The molecule has 0 saturated carbocycles. The van der Waals surface area contributed by atoms with Crippen LogP contribution >= 0.6 is 15.9 Å². The minimum absolute atomic E-state index is 0.212. The molecule has 3 aliphatic rings. The fourth-order valence-corrected chi connectivity index (χ4v) is 5.34. The molecule has 1 fully saturated rings. The zero-order valence-electron chi connectivity index (χ0n) is 22.4. The number of benzene rings is 2. The summed E-state index contributed by atoms with van der Waals surface area (Å²) < 4.78 is 36.1. The normalized spacial score (nSPS) is 21.0. The van der Waals surface area contributed by atoms with Crippen LogP contribution in [0.3, 0.4) is 0 Å². The van der Waals surface area contributed by atoms with E-state index in [4.69, 9.17) is 28.4 Å². The lowest BCUT2D eigenvalue weighted by Gasteiger charge is -2.32. The summed E-state index contributed by atoms with van der Waals surface area (Å²) in [4.78, 5) is 18.5. The summed E-state index contributed by atoms with van der Waals surface area (Å²) in [6.45, 7) is 6.52. The number of hydrogen-bond acceptors (Lipinski definition) is 8. The molecule has 0 spiro atoms. The standard InChI is InChI=1S/C30H31BrN2O7/c1-30(2)37-16-22-11-21(4-6-25(22)40-30)28-14-33(29(34)39-28)8-7-19-3-5-26-27(10-19)38-24(18-36-26)17-35-15-20-9-23(31)13-32-12-20/h3-6,9-13,24,28H,7-8,14-18H2,1-2H3/t24-,28+/m1/s1. The Morgan fingerprint density at radius 1 is 1.05 bits per heavy atom. The molecule has 2 aromatic carbocycles. The van der Waals surface area contributed by atoms with Gasteiger partial charge in [-0.15, -0.1) is 0 Å². The van der Waals surface area contributed by atoms with Crippen molar-refractivity contribution in [2.75, 3.05) is 26.3 Å². The number of pyridine rings is 1. The number of fused-ring (bicyclic) bond motifs is 2. The van der Waals surface area contributed by atoms with Crippen LogP contribution < -0.4 is 14.2 Å². The SMILES string of the molecule is CC1(C)OCc2cc([C@@H]3CN(CCc4ccc5c(c4)O[C@H](COCc4cncc(Br)c4)CO5)C(=O)O3)ccc2O1. The third-order valence-corrected chi connectivity index (χ3v) is 7.44. The first kappa shape index (κ1) is 26.9. The van der Waals surface area contributed by atoms with Gasteiger partial charge in [-0.1, -0.05) is 12.1 Å². The van der Waals surface area contributed by atoms with Gasteiger partial charge < -0.3 is 33.3 Å². The van der Waals surface area contributed by atoms with E-state index in [0.717, 1.165) is 32.5 Å². The Hall–Kier alpha value is -3.34. The van der Waals surface area contributed by atoms with Crippen molar-refractivity contribution in [3.63, 3.8) is 0 Å². The molecule has 1 saturated heterocycles. The quantitative estimate of drug-likeness (QED) is 0.326. The molecule has 0 bridgehead atoms. The summed E-state index contributed by atoms with van der Waals surface area (Å²) >= 11 is 3.42. The van der Waals surface area contributed by atoms with Crippen LogP contribution in [0.1, 0.15) is 42.2 Å². The molecule has 0 aliphatic carbocycles. The monoisotopic (exact) mass is 610 g/mol. The predicted molar refractivity (Wildman–Crippen MR) is 148 cm³/mol. The van der Waals surface area contributed by atoms with Crippen molar-refractivity contribution < 1.29 is 33.2 Å². The average Bonchev–Trinajstić information content (AvgIpc) is 3.31. The van der Waals surface area contributed by atoms with E-state index >= 15 is 0 Å². The molecule has 0 N–H and O–H groups in total. The first-order valence-electron chi connectivity index (χ1n) is 13.3. The molecule has 3 aliphatic heterocycles. The Bertz CT molecular complexity index is 1400. The molecule has 0 unspecified atom stereocenters. The van der Waals surface area contributed by atoms with E-state index in [1.807, 2.05) is 56.3 Å². The Morgan fingerprint density at radius 2 is 1.93 bits per heavy atom. The third kappa shape index (κ3) is 6.19. The molecule has 1 aromatic heterocycles. The lowest BCUT2D eigenvalue weighted by molar-refractivity contribution is -0.180. The highest BCUT2D eigenvalue weighted by Crippen LogP contribution is 2.36. The van der Waals surface area contributed by atoms with Crippen molar-refractivity contribution in [3.8, 4) is 17.2 Å². The number of halogens is 1. The Labute approximate surface area is 241 Å². The number of hydrogen-bond donors (Lipinski definition) is 0. The maximum absolute atomic E-state index is 12.6. The van der Waals surface area contributed by atoms with Crippen LogP contribution in [0.4, 0.5) is 4.79 Å². The van der Waals surface area contributed by atoms with Gasteiger partial charge in [0.2, 0.25) is 5.79 Å². The summed E-state index contributed by atoms with van der Waals surface area (Å²) in [7, 11) is 0. The van der Waals surface area contributed by atoms with Crippen molar-refractivity contribution in [2.45, 2.75) is 51.5 Å². The van der Waals surface area contributed by atoms with Crippen molar-refractivity contribution in [1.82, 2.24) is 9.88 Å².